The summed E-state index contributed by atoms with van der Waals surface area (Å²) in [5.41, 5.74) is 7.74. The summed E-state index contributed by atoms with van der Waals surface area (Å²) in [6.45, 7) is 0.434. The Kier molecular flexibility index (Phi) is 3.31. The molecule has 1 aromatic carbocycles. The smallest absolute Gasteiger partial charge is 0.176 e. The highest BCUT2D eigenvalue weighted by atomic mass is 79.9. The zero-order valence-corrected chi connectivity index (χ0v) is 10.8. The van der Waals surface area contributed by atoms with Crippen LogP contribution in [-0.2, 0) is 6.54 Å². The summed E-state index contributed by atoms with van der Waals surface area (Å²) in [4.78, 5) is 3.89. The molecule has 1 aromatic heterocycles. The van der Waals surface area contributed by atoms with Gasteiger partial charge in [-0.3, -0.25) is 0 Å². The number of rotatable bonds is 2. The van der Waals surface area contributed by atoms with Crippen LogP contribution in [0.5, 0.6) is 0 Å². The molecule has 0 fully saturated rings. The highest BCUT2D eigenvalue weighted by molar-refractivity contribution is 9.10. The SMILES string of the molecule is N#Cc1ncn(Cc2cccc(N)c2Br)c1C#N. The fourth-order valence-electron chi connectivity index (χ4n) is 1.61. The number of hydrogen-bond donors (Lipinski definition) is 1. The highest BCUT2D eigenvalue weighted by Crippen LogP contribution is 2.25. The van der Waals surface area contributed by atoms with Gasteiger partial charge in [-0.2, -0.15) is 10.5 Å². The number of nitrogen functional groups attached to an aromatic ring is 1. The van der Waals surface area contributed by atoms with Crippen LogP contribution >= 0.6 is 15.9 Å². The van der Waals surface area contributed by atoms with Crippen LogP contribution in [0.2, 0.25) is 0 Å². The van der Waals surface area contributed by atoms with E-state index in [0.29, 0.717) is 12.2 Å². The monoisotopic (exact) mass is 301 g/mol. The maximum atomic E-state index is 9.02. The first-order valence-electron chi connectivity index (χ1n) is 5.05. The van der Waals surface area contributed by atoms with Crippen molar-refractivity contribution in [1.82, 2.24) is 9.55 Å². The van der Waals surface area contributed by atoms with Crippen LogP contribution in [0.25, 0.3) is 0 Å². The predicted molar refractivity (Wildman–Crippen MR) is 69.3 cm³/mol. The number of anilines is 1. The molecule has 0 spiro atoms. The fourth-order valence-corrected chi connectivity index (χ4v) is 2.00. The van der Waals surface area contributed by atoms with Gasteiger partial charge in [-0.1, -0.05) is 12.1 Å². The minimum absolute atomic E-state index is 0.137. The Morgan fingerprint density at radius 1 is 1.33 bits per heavy atom. The third-order valence-electron chi connectivity index (χ3n) is 2.50. The van der Waals surface area contributed by atoms with Crippen LogP contribution in [0.1, 0.15) is 17.0 Å². The van der Waals surface area contributed by atoms with Crippen molar-refractivity contribution in [3.63, 3.8) is 0 Å². The van der Waals surface area contributed by atoms with Crippen LogP contribution in [0.15, 0.2) is 29.0 Å². The van der Waals surface area contributed by atoms with Gasteiger partial charge < -0.3 is 10.3 Å². The molecule has 0 aliphatic rings. The minimum atomic E-state index is 0.137. The Balaban J connectivity index is 2.42. The summed E-state index contributed by atoms with van der Waals surface area (Å²) in [7, 11) is 0. The third-order valence-corrected chi connectivity index (χ3v) is 3.47. The predicted octanol–water partition coefficient (Wildman–Crippen LogP) is 2.02. The Hall–Kier alpha value is -2.31. The van der Waals surface area contributed by atoms with E-state index in [2.05, 4.69) is 20.9 Å². The fraction of sp³-hybridized carbons (Fsp3) is 0.0833. The van der Waals surface area contributed by atoms with Crippen molar-refractivity contribution >= 4 is 21.6 Å². The third kappa shape index (κ3) is 2.06. The molecule has 0 unspecified atom stereocenters. The van der Waals surface area contributed by atoms with Gasteiger partial charge in [0.05, 0.1) is 12.9 Å². The van der Waals surface area contributed by atoms with E-state index in [1.165, 1.54) is 6.33 Å². The van der Waals surface area contributed by atoms with Crippen LogP contribution in [0, 0.1) is 22.7 Å². The van der Waals surface area contributed by atoms with E-state index in [-0.39, 0.29) is 11.4 Å². The topological polar surface area (TPSA) is 91.4 Å². The lowest BCUT2D eigenvalue weighted by Crippen LogP contribution is -2.03. The average Bonchev–Trinajstić information content (AvgIpc) is 2.77. The maximum Gasteiger partial charge on any atom is 0.176 e. The van der Waals surface area contributed by atoms with Gasteiger partial charge in [0.1, 0.15) is 12.1 Å². The van der Waals surface area contributed by atoms with Gasteiger partial charge in [-0.25, -0.2) is 4.98 Å². The number of nitrogens with two attached hydrogens (primary N) is 1. The zero-order chi connectivity index (χ0) is 13.1. The van der Waals surface area contributed by atoms with Crippen molar-refractivity contribution in [3.8, 4) is 12.1 Å². The maximum absolute atomic E-state index is 9.02. The van der Waals surface area contributed by atoms with Crippen LogP contribution in [0.4, 0.5) is 5.69 Å². The summed E-state index contributed by atoms with van der Waals surface area (Å²) in [6, 6.07) is 9.39. The zero-order valence-electron chi connectivity index (χ0n) is 9.26. The van der Waals surface area contributed by atoms with Crippen molar-refractivity contribution < 1.29 is 0 Å². The van der Waals surface area contributed by atoms with E-state index in [1.54, 1.807) is 10.6 Å². The molecule has 2 N–H and O–H groups in total. The molecule has 1 heterocycles. The van der Waals surface area contributed by atoms with Crippen LogP contribution in [0.3, 0.4) is 0 Å². The molecule has 0 aliphatic heterocycles. The Bertz CT molecular complexity index is 675. The molecular formula is C12H8BrN5. The van der Waals surface area contributed by atoms with Gasteiger partial charge >= 0.3 is 0 Å². The second-order valence-corrected chi connectivity index (χ2v) is 4.41. The van der Waals surface area contributed by atoms with Gasteiger partial charge in [-0.05, 0) is 27.6 Å². The molecule has 0 amide bonds. The van der Waals surface area contributed by atoms with Crippen LogP contribution < -0.4 is 5.73 Å². The molecule has 2 rings (SSSR count). The summed E-state index contributed by atoms with van der Waals surface area (Å²) in [5.74, 6) is 0. The molecule has 0 saturated heterocycles. The minimum Gasteiger partial charge on any atom is -0.398 e. The standard InChI is InChI=1S/C12H8BrN5/c13-12-8(2-1-3-9(12)16)6-18-7-17-10(4-14)11(18)5-15/h1-3,7H,6,16H2. The van der Waals surface area contributed by atoms with Crippen molar-refractivity contribution in [2.24, 2.45) is 0 Å². The first kappa shape index (κ1) is 12.2. The molecule has 6 heteroatoms. The second kappa shape index (κ2) is 4.91. The number of halogens is 1. The summed E-state index contributed by atoms with van der Waals surface area (Å²) in [6.07, 6.45) is 1.48. The van der Waals surface area contributed by atoms with E-state index in [9.17, 15) is 0 Å². The molecule has 5 nitrogen and oxygen atoms in total. The number of aromatic nitrogens is 2. The Labute approximate surface area is 112 Å². The lowest BCUT2D eigenvalue weighted by atomic mass is 10.2. The van der Waals surface area contributed by atoms with Crippen molar-refractivity contribution in [1.29, 1.82) is 10.5 Å². The van der Waals surface area contributed by atoms with Crippen LogP contribution in [-0.4, -0.2) is 9.55 Å². The van der Waals surface area contributed by atoms with Gasteiger partial charge in [0.25, 0.3) is 0 Å². The molecule has 0 radical (unpaired) electrons. The molecule has 18 heavy (non-hydrogen) atoms. The Morgan fingerprint density at radius 3 is 2.78 bits per heavy atom. The molecule has 88 valence electrons. The molecule has 0 saturated carbocycles. The van der Waals surface area contributed by atoms with Gasteiger partial charge in [0.2, 0.25) is 0 Å². The Morgan fingerprint density at radius 2 is 2.11 bits per heavy atom. The largest absolute Gasteiger partial charge is 0.398 e. The van der Waals surface area contributed by atoms with E-state index >= 15 is 0 Å². The normalized spacial score (nSPS) is 9.72. The second-order valence-electron chi connectivity index (χ2n) is 3.61. The van der Waals surface area contributed by atoms with Crippen molar-refractivity contribution in [2.75, 3.05) is 5.73 Å². The van der Waals surface area contributed by atoms with Gasteiger partial charge in [0.15, 0.2) is 11.4 Å². The molecule has 0 atom stereocenters. The van der Waals surface area contributed by atoms with E-state index in [0.717, 1.165) is 10.0 Å². The first-order valence-corrected chi connectivity index (χ1v) is 5.85. The molecule has 2 aromatic rings. The number of benzene rings is 1. The summed E-state index contributed by atoms with van der Waals surface area (Å²) in [5, 5.41) is 17.8. The van der Waals surface area contributed by atoms with E-state index < -0.39 is 0 Å². The lowest BCUT2D eigenvalue weighted by Gasteiger charge is -2.08. The highest BCUT2D eigenvalue weighted by Gasteiger charge is 2.11. The first-order chi connectivity index (χ1) is 8.67. The summed E-state index contributed by atoms with van der Waals surface area (Å²) < 4.78 is 2.42. The number of hydrogen-bond acceptors (Lipinski definition) is 4. The average molecular weight is 302 g/mol. The summed E-state index contributed by atoms with van der Waals surface area (Å²) >= 11 is 3.40. The number of imidazole rings is 1. The molecule has 0 aliphatic carbocycles. The van der Waals surface area contributed by atoms with Gasteiger partial charge in [-0.15, -0.1) is 0 Å². The molecule has 0 bridgehead atoms. The van der Waals surface area contributed by atoms with E-state index in [4.69, 9.17) is 16.3 Å². The lowest BCUT2D eigenvalue weighted by molar-refractivity contribution is 0.783. The number of nitrogens with zero attached hydrogens (tertiary/aromatic N) is 4. The molecular weight excluding hydrogens is 294 g/mol. The van der Waals surface area contributed by atoms with Crippen molar-refractivity contribution in [2.45, 2.75) is 6.54 Å². The number of nitriles is 2. The van der Waals surface area contributed by atoms with E-state index in [1.807, 2.05) is 24.3 Å². The van der Waals surface area contributed by atoms with Gasteiger partial charge in [0, 0.05) is 10.2 Å². The quantitative estimate of drug-likeness (QED) is 0.859. The van der Waals surface area contributed by atoms with Crippen molar-refractivity contribution in [3.05, 3.63) is 46.0 Å².